The number of carbonyl (C=O) groups excluding carboxylic acids is 1. The van der Waals surface area contributed by atoms with E-state index in [0.717, 1.165) is 16.6 Å². The highest BCUT2D eigenvalue weighted by atomic mass is 16.3. The highest BCUT2D eigenvalue weighted by Gasteiger charge is 2.23. The van der Waals surface area contributed by atoms with Crippen molar-refractivity contribution in [1.82, 2.24) is 20.3 Å². The SMILES string of the molecule is Cc1cc(CC(C)(O)NCC=O)c(O)c(-n2nc3ccccc3n2)c1. The molecule has 0 aliphatic carbocycles. The van der Waals surface area contributed by atoms with Crippen LogP contribution in [-0.4, -0.2) is 43.8 Å². The van der Waals surface area contributed by atoms with Gasteiger partial charge in [-0.1, -0.05) is 18.2 Å². The molecule has 0 aliphatic rings. The summed E-state index contributed by atoms with van der Waals surface area (Å²) in [7, 11) is 0. The van der Waals surface area contributed by atoms with Gasteiger partial charge in [0.2, 0.25) is 0 Å². The minimum atomic E-state index is -1.33. The van der Waals surface area contributed by atoms with Gasteiger partial charge in [-0.2, -0.15) is 0 Å². The van der Waals surface area contributed by atoms with Crippen molar-refractivity contribution in [2.24, 2.45) is 0 Å². The van der Waals surface area contributed by atoms with Crippen LogP contribution in [-0.2, 0) is 11.2 Å². The smallest absolute Gasteiger partial charge is 0.146 e. The number of hydrogen-bond acceptors (Lipinski definition) is 6. The lowest BCUT2D eigenvalue weighted by Gasteiger charge is -2.25. The van der Waals surface area contributed by atoms with Crippen LogP contribution in [0.3, 0.4) is 0 Å². The lowest BCUT2D eigenvalue weighted by atomic mass is 10.00. The van der Waals surface area contributed by atoms with Crippen LogP contribution in [0.4, 0.5) is 0 Å². The van der Waals surface area contributed by atoms with E-state index < -0.39 is 5.72 Å². The van der Waals surface area contributed by atoms with E-state index in [2.05, 4.69) is 15.5 Å². The molecule has 0 bridgehead atoms. The molecule has 0 radical (unpaired) electrons. The Labute approximate surface area is 144 Å². The van der Waals surface area contributed by atoms with Gasteiger partial charge in [-0.15, -0.1) is 15.0 Å². The number of aromatic hydroxyl groups is 1. The standard InChI is InChI=1S/C18H20N4O3/c1-12-9-13(11-18(2,25)19-7-8-23)17(24)16(10-12)22-20-14-5-3-4-6-15(14)21-22/h3-6,8-10,19,24-25H,7,11H2,1-2H3. The molecular formula is C18H20N4O3. The molecule has 0 saturated heterocycles. The lowest BCUT2D eigenvalue weighted by molar-refractivity contribution is -0.108. The van der Waals surface area contributed by atoms with Gasteiger partial charge in [0.1, 0.15) is 34.5 Å². The maximum Gasteiger partial charge on any atom is 0.146 e. The first-order chi connectivity index (χ1) is 11.9. The van der Waals surface area contributed by atoms with Crippen molar-refractivity contribution < 1.29 is 15.0 Å². The monoisotopic (exact) mass is 340 g/mol. The van der Waals surface area contributed by atoms with Gasteiger partial charge in [0, 0.05) is 12.0 Å². The summed E-state index contributed by atoms with van der Waals surface area (Å²) in [4.78, 5) is 11.9. The van der Waals surface area contributed by atoms with Crippen molar-refractivity contribution in [2.75, 3.05) is 6.54 Å². The van der Waals surface area contributed by atoms with Crippen LogP contribution < -0.4 is 5.32 Å². The van der Waals surface area contributed by atoms with E-state index in [0.29, 0.717) is 17.5 Å². The number of phenolic OH excluding ortho intramolecular Hbond substituents is 1. The molecule has 130 valence electrons. The molecule has 2 aromatic carbocycles. The van der Waals surface area contributed by atoms with E-state index >= 15 is 0 Å². The fourth-order valence-electron chi connectivity index (χ4n) is 2.78. The van der Waals surface area contributed by atoms with E-state index in [9.17, 15) is 15.0 Å². The Morgan fingerprint density at radius 2 is 1.88 bits per heavy atom. The molecule has 3 rings (SSSR count). The Kier molecular flexibility index (Phi) is 4.52. The Morgan fingerprint density at radius 3 is 2.48 bits per heavy atom. The quantitative estimate of drug-likeness (QED) is 0.464. The van der Waals surface area contributed by atoms with E-state index in [-0.39, 0.29) is 18.7 Å². The predicted octanol–water partition coefficient (Wildman–Crippen LogP) is 1.47. The third-order valence-electron chi connectivity index (χ3n) is 3.92. The molecule has 0 amide bonds. The largest absolute Gasteiger partial charge is 0.505 e. The van der Waals surface area contributed by atoms with Crippen LogP contribution in [0.15, 0.2) is 36.4 Å². The third kappa shape index (κ3) is 3.67. The summed E-state index contributed by atoms with van der Waals surface area (Å²) in [6.07, 6.45) is 0.803. The number of hydrogen-bond donors (Lipinski definition) is 3. The van der Waals surface area contributed by atoms with Gasteiger partial charge >= 0.3 is 0 Å². The van der Waals surface area contributed by atoms with Crippen molar-refractivity contribution in [1.29, 1.82) is 0 Å². The molecule has 0 aliphatic heterocycles. The highest BCUT2D eigenvalue weighted by Crippen LogP contribution is 2.30. The molecule has 0 saturated carbocycles. The zero-order valence-electron chi connectivity index (χ0n) is 14.1. The Bertz CT molecular complexity index is 885. The van der Waals surface area contributed by atoms with Gasteiger partial charge in [-0.05, 0) is 37.6 Å². The summed E-state index contributed by atoms with van der Waals surface area (Å²) in [6.45, 7) is 3.47. The van der Waals surface area contributed by atoms with E-state index in [1.54, 1.807) is 19.1 Å². The Morgan fingerprint density at radius 1 is 1.24 bits per heavy atom. The molecule has 0 fully saturated rings. The van der Waals surface area contributed by atoms with Crippen molar-refractivity contribution in [3.05, 3.63) is 47.5 Å². The van der Waals surface area contributed by atoms with Crippen LogP contribution in [0.5, 0.6) is 5.75 Å². The second kappa shape index (κ2) is 6.62. The molecule has 7 nitrogen and oxygen atoms in total. The average Bonchev–Trinajstić information content (AvgIpc) is 2.99. The molecule has 1 heterocycles. The van der Waals surface area contributed by atoms with Crippen LogP contribution in [0.1, 0.15) is 18.1 Å². The second-order valence-corrected chi connectivity index (χ2v) is 6.27. The van der Waals surface area contributed by atoms with Crippen molar-refractivity contribution in [3.8, 4) is 11.4 Å². The molecule has 1 aromatic heterocycles. The maximum absolute atomic E-state index is 10.7. The van der Waals surface area contributed by atoms with Crippen LogP contribution >= 0.6 is 0 Å². The maximum atomic E-state index is 10.7. The van der Waals surface area contributed by atoms with Crippen LogP contribution in [0.2, 0.25) is 0 Å². The number of phenols is 1. The van der Waals surface area contributed by atoms with Gasteiger partial charge < -0.3 is 15.0 Å². The first-order valence-electron chi connectivity index (χ1n) is 7.95. The summed E-state index contributed by atoms with van der Waals surface area (Å²) in [5, 5.41) is 32.6. The van der Waals surface area contributed by atoms with Gasteiger partial charge in [0.15, 0.2) is 0 Å². The van der Waals surface area contributed by atoms with Gasteiger partial charge in [-0.3, -0.25) is 5.32 Å². The molecule has 7 heteroatoms. The molecular weight excluding hydrogens is 320 g/mol. The number of fused-ring (bicyclic) bond motifs is 1. The van der Waals surface area contributed by atoms with E-state index in [1.165, 1.54) is 4.80 Å². The number of aryl methyl sites for hydroxylation is 1. The molecule has 3 aromatic rings. The number of rotatable bonds is 6. The number of nitrogens with one attached hydrogen (secondary N) is 1. The molecule has 1 unspecified atom stereocenters. The summed E-state index contributed by atoms with van der Waals surface area (Å²) in [5.41, 5.74) is 2.01. The number of aldehydes is 1. The number of aromatic nitrogens is 3. The zero-order chi connectivity index (χ0) is 18.0. The van der Waals surface area contributed by atoms with Crippen LogP contribution in [0.25, 0.3) is 16.7 Å². The number of carbonyl (C=O) groups is 1. The van der Waals surface area contributed by atoms with Crippen molar-refractivity contribution in [2.45, 2.75) is 26.0 Å². The summed E-state index contributed by atoms with van der Waals surface area (Å²) in [6, 6.07) is 11.0. The second-order valence-electron chi connectivity index (χ2n) is 6.27. The number of aliphatic hydroxyl groups is 1. The normalized spacial score (nSPS) is 13.7. The van der Waals surface area contributed by atoms with Crippen LogP contribution in [0, 0.1) is 6.92 Å². The number of nitrogens with zero attached hydrogens (tertiary/aromatic N) is 3. The fraction of sp³-hybridized carbons (Fsp3) is 0.278. The first-order valence-corrected chi connectivity index (χ1v) is 7.95. The summed E-state index contributed by atoms with van der Waals surface area (Å²) in [5.74, 6) is -0.000848. The first kappa shape index (κ1) is 17.1. The van der Waals surface area contributed by atoms with Gasteiger partial charge in [0.25, 0.3) is 0 Å². The highest BCUT2D eigenvalue weighted by molar-refractivity contribution is 5.73. The van der Waals surface area contributed by atoms with Gasteiger partial charge in [0.05, 0.1) is 6.54 Å². The molecule has 1 atom stereocenters. The zero-order valence-corrected chi connectivity index (χ0v) is 14.1. The minimum absolute atomic E-state index is 0.000848. The Balaban J connectivity index is 2.01. The molecule has 3 N–H and O–H groups in total. The number of benzene rings is 2. The predicted molar refractivity (Wildman–Crippen MR) is 93.7 cm³/mol. The van der Waals surface area contributed by atoms with Gasteiger partial charge in [-0.25, -0.2) is 0 Å². The van der Waals surface area contributed by atoms with E-state index in [4.69, 9.17) is 0 Å². The fourth-order valence-corrected chi connectivity index (χ4v) is 2.78. The average molecular weight is 340 g/mol. The van der Waals surface area contributed by atoms with Crippen molar-refractivity contribution in [3.63, 3.8) is 0 Å². The minimum Gasteiger partial charge on any atom is -0.505 e. The third-order valence-corrected chi connectivity index (χ3v) is 3.92. The molecule has 25 heavy (non-hydrogen) atoms. The lowest BCUT2D eigenvalue weighted by Crippen LogP contribution is -2.45. The molecule has 0 spiro atoms. The van der Waals surface area contributed by atoms with Crippen molar-refractivity contribution >= 4 is 17.3 Å². The Hall–Kier alpha value is -2.77. The van der Waals surface area contributed by atoms with E-state index in [1.807, 2.05) is 31.2 Å². The topological polar surface area (TPSA) is 100 Å². The summed E-state index contributed by atoms with van der Waals surface area (Å²) >= 11 is 0. The summed E-state index contributed by atoms with van der Waals surface area (Å²) < 4.78 is 0.